The highest BCUT2D eigenvalue weighted by atomic mass is 32.2. The Hall–Kier alpha value is -2.35. The molecular formula is C11H8N4O3S. The number of fused-ring (bicyclic) bond motifs is 1. The Morgan fingerprint density at radius 1 is 1.47 bits per heavy atom. The fraction of sp³-hybridized carbons (Fsp3) is 0.0909. The minimum absolute atomic E-state index is 0.0943. The fourth-order valence-electron chi connectivity index (χ4n) is 1.56. The summed E-state index contributed by atoms with van der Waals surface area (Å²) < 4.78 is 6.77. The van der Waals surface area contributed by atoms with Gasteiger partial charge in [-0.25, -0.2) is 9.78 Å². The molecule has 0 radical (unpaired) electrons. The number of aromatic carboxylic acids is 1. The van der Waals surface area contributed by atoms with Crippen molar-refractivity contribution in [2.24, 2.45) is 0 Å². The number of aryl methyl sites for hydroxylation is 1. The number of carboxylic acids is 1. The number of furan rings is 1. The van der Waals surface area contributed by atoms with E-state index in [2.05, 4.69) is 15.1 Å². The summed E-state index contributed by atoms with van der Waals surface area (Å²) in [5, 5.41) is 14.1. The molecule has 1 N–H and O–H groups in total. The van der Waals surface area contributed by atoms with Gasteiger partial charge in [-0.1, -0.05) is 0 Å². The fourth-order valence-corrected chi connectivity index (χ4v) is 2.48. The van der Waals surface area contributed by atoms with Crippen molar-refractivity contribution in [1.29, 1.82) is 0 Å². The lowest BCUT2D eigenvalue weighted by atomic mass is 10.5. The smallest absolute Gasteiger partial charge is 0.371 e. The number of carbonyl (C=O) groups is 1. The lowest BCUT2D eigenvalue weighted by Gasteiger charge is -2.02. The number of rotatable bonds is 3. The third-order valence-corrected chi connectivity index (χ3v) is 3.27. The maximum Gasteiger partial charge on any atom is 0.371 e. The van der Waals surface area contributed by atoms with Gasteiger partial charge in [-0.05, 0) is 36.9 Å². The molecule has 19 heavy (non-hydrogen) atoms. The van der Waals surface area contributed by atoms with Gasteiger partial charge in [0, 0.05) is 5.69 Å². The van der Waals surface area contributed by atoms with Gasteiger partial charge >= 0.3 is 5.97 Å². The number of aromatic nitrogens is 4. The van der Waals surface area contributed by atoms with Crippen LogP contribution in [0.25, 0.3) is 5.78 Å². The molecule has 0 aliphatic rings. The summed E-state index contributed by atoms with van der Waals surface area (Å²) in [7, 11) is 0. The van der Waals surface area contributed by atoms with Crippen LogP contribution < -0.4 is 0 Å². The average Bonchev–Trinajstić information content (AvgIpc) is 2.96. The van der Waals surface area contributed by atoms with E-state index in [1.54, 1.807) is 10.6 Å². The van der Waals surface area contributed by atoms with E-state index < -0.39 is 5.97 Å². The third-order valence-electron chi connectivity index (χ3n) is 2.34. The standard InChI is InChI=1S/C11H8N4O3S/c1-6-4-8(15-11(14-6)12-5-13-15)19-9-3-2-7(18-9)10(16)17/h2-5H,1H3,(H,16,17). The van der Waals surface area contributed by atoms with E-state index in [0.29, 0.717) is 10.9 Å². The van der Waals surface area contributed by atoms with Crippen LogP contribution in [0.4, 0.5) is 0 Å². The molecule has 0 saturated heterocycles. The van der Waals surface area contributed by atoms with Crippen LogP contribution in [0.2, 0.25) is 0 Å². The van der Waals surface area contributed by atoms with E-state index in [4.69, 9.17) is 9.52 Å². The van der Waals surface area contributed by atoms with Crippen LogP contribution in [0.5, 0.6) is 0 Å². The summed E-state index contributed by atoms with van der Waals surface area (Å²) in [4.78, 5) is 19.0. The molecule has 0 atom stereocenters. The molecular weight excluding hydrogens is 268 g/mol. The lowest BCUT2D eigenvalue weighted by Crippen LogP contribution is -1.96. The number of carboxylic acid groups (broad SMARTS) is 1. The van der Waals surface area contributed by atoms with Crippen molar-refractivity contribution < 1.29 is 14.3 Å². The maximum absolute atomic E-state index is 10.8. The summed E-state index contributed by atoms with van der Waals surface area (Å²) in [6.45, 7) is 1.85. The summed E-state index contributed by atoms with van der Waals surface area (Å²) in [5.74, 6) is -0.695. The van der Waals surface area contributed by atoms with Gasteiger partial charge in [0.2, 0.25) is 5.76 Å². The molecule has 96 valence electrons. The van der Waals surface area contributed by atoms with Gasteiger partial charge in [0.1, 0.15) is 11.4 Å². The lowest BCUT2D eigenvalue weighted by molar-refractivity contribution is 0.0656. The van der Waals surface area contributed by atoms with E-state index in [-0.39, 0.29) is 5.76 Å². The molecule has 0 aliphatic heterocycles. The molecule has 0 fully saturated rings. The highest BCUT2D eigenvalue weighted by molar-refractivity contribution is 7.99. The molecule has 0 amide bonds. The first kappa shape index (κ1) is 11.7. The van der Waals surface area contributed by atoms with Gasteiger partial charge < -0.3 is 9.52 Å². The molecule has 0 saturated carbocycles. The van der Waals surface area contributed by atoms with Crippen molar-refractivity contribution in [1.82, 2.24) is 19.6 Å². The van der Waals surface area contributed by atoms with Crippen molar-refractivity contribution in [3.63, 3.8) is 0 Å². The van der Waals surface area contributed by atoms with Crippen LogP contribution in [-0.4, -0.2) is 30.7 Å². The number of hydrogen-bond donors (Lipinski definition) is 1. The molecule has 8 heteroatoms. The van der Waals surface area contributed by atoms with Crippen LogP contribution >= 0.6 is 11.8 Å². The zero-order valence-corrected chi connectivity index (χ0v) is 10.6. The van der Waals surface area contributed by atoms with Crippen molar-refractivity contribution in [2.75, 3.05) is 0 Å². The Morgan fingerprint density at radius 3 is 3.05 bits per heavy atom. The molecule has 0 spiro atoms. The largest absolute Gasteiger partial charge is 0.475 e. The third kappa shape index (κ3) is 2.17. The van der Waals surface area contributed by atoms with E-state index in [1.807, 2.05) is 13.0 Å². The molecule has 0 bridgehead atoms. The summed E-state index contributed by atoms with van der Waals surface area (Å²) in [5.41, 5.74) is 0.799. The molecule has 3 rings (SSSR count). The number of hydrogen-bond acceptors (Lipinski definition) is 6. The molecule has 0 unspecified atom stereocenters. The minimum atomic E-state index is -1.09. The van der Waals surface area contributed by atoms with Crippen LogP contribution in [0.15, 0.2) is 39.1 Å². The maximum atomic E-state index is 10.8. The van der Waals surface area contributed by atoms with Gasteiger partial charge in [-0.15, -0.1) is 0 Å². The minimum Gasteiger partial charge on any atom is -0.475 e. The van der Waals surface area contributed by atoms with E-state index in [9.17, 15) is 4.79 Å². The van der Waals surface area contributed by atoms with Gasteiger partial charge in [0.05, 0.1) is 0 Å². The second-order valence-electron chi connectivity index (χ2n) is 3.73. The predicted octanol–water partition coefficient (Wildman–Crippen LogP) is 1.88. The van der Waals surface area contributed by atoms with E-state index in [0.717, 1.165) is 10.7 Å². The molecule has 3 aromatic rings. The SMILES string of the molecule is Cc1cc(Sc2ccc(C(=O)O)o2)n2ncnc2n1. The Labute approximate surface area is 111 Å². The normalized spacial score (nSPS) is 11.0. The topological polar surface area (TPSA) is 93.5 Å². The Bertz CT molecular complexity index is 764. The summed E-state index contributed by atoms with van der Waals surface area (Å²) in [6, 6.07) is 4.85. The van der Waals surface area contributed by atoms with Gasteiger partial charge in [-0.2, -0.15) is 14.6 Å². The molecule has 3 aromatic heterocycles. The Kier molecular flexibility index (Phi) is 2.71. The highest BCUT2D eigenvalue weighted by Crippen LogP contribution is 2.29. The van der Waals surface area contributed by atoms with Gasteiger partial charge in [0.25, 0.3) is 5.78 Å². The highest BCUT2D eigenvalue weighted by Gasteiger charge is 2.12. The summed E-state index contributed by atoms with van der Waals surface area (Å²) >= 11 is 1.26. The monoisotopic (exact) mass is 276 g/mol. The Balaban J connectivity index is 2.00. The van der Waals surface area contributed by atoms with Crippen LogP contribution in [0.3, 0.4) is 0 Å². The average molecular weight is 276 g/mol. The van der Waals surface area contributed by atoms with Crippen molar-refractivity contribution in [2.45, 2.75) is 17.0 Å². The van der Waals surface area contributed by atoms with Crippen LogP contribution in [0, 0.1) is 6.92 Å². The van der Waals surface area contributed by atoms with Gasteiger partial charge in [0.15, 0.2) is 5.09 Å². The van der Waals surface area contributed by atoms with Crippen molar-refractivity contribution in [3.8, 4) is 0 Å². The second kappa shape index (κ2) is 4.39. The van der Waals surface area contributed by atoms with Gasteiger partial charge in [-0.3, -0.25) is 0 Å². The van der Waals surface area contributed by atoms with Crippen molar-refractivity contribution in [3.05, 3.63) is 36.0 Å². The van der Waals surface area contributed by atoms with E-state index >= 15 is 0 Å². The molecule has 0 aromatic carbocycles. The van der Waals surface area contributed by atoms with Crippen LogP contribution in [-0.2, 0) is 0 Å². The number of nitrogens with zero attached hydrogens (tertiary/aromatic N) is 4. The quantitative estimate of drug-likeness (QED) is 0.730. The van der Waals surface area contributed by atoms with E-state index in [1.165, 1.54) is 24.2 Å². The molecule has 0 aliphatic carbocycles. The Morgan fingerprint density at radius 2 is 2.32 bits per heavy atom. The second-order valence-corrected chi connectivity index (χ2v) is 4.76. The van der Waals surface area contributed by atoms with Crippen LogP contribution in [0.1, 0.15) is 16.2 Å². The molecule has 7 nitrogen and oxygen atoms in total. The predicted molar refractivity (Wildman–Crippen MR) is 65.3 cm³/mol. The zero-order chi connectivity index (χ0) is 13.4. The van der Waals surface area contributed by atoms with Crippen molar-refractivity contribution >= 4 is 23.5 Å². The first-order valence-corrected chi connectivity index (χ1v) is 6.13. The zero-order valence-electron chi connectivity index (χ0n) is 9.77. The molecule has 3 heterocycles. The summed E-state index contributed by atoms with van der Waals surface area (Å²) in [6.07, 6.45) is 1.41. The first-order chi connectivity index (χ1) is 9.13. The first-order valence-electron chi connectivity index (χ1n) is 5.32.